The number of hydrogen-bond acceptors (Lipinski definition) is 11. The molecule has 0 unspecified atom stereocenters. The van der Waals surface area contributed by atoms with E-state index < -0.39 is 22.6 Å². The lowest BCUT2D eigenvalue weighted by atomic mass is 10.0. The molecule has 1 aliphatic rings. The number of benzene rings is 1. The summed E-state index contributed by atoms with van der Waals surface area (Å²) in [4.78, 5) is 22.6. The number of non-ortho nitro benzene ring substituents is 1. The number of nitrogens with zero attached hydrogens (tertiary/aromatic N) is 4. The molecule has 1 aromatic carbocycles. The number of anilines is 2. The maximum absolute atomic E-state index is 10.9. The average molecular weight is 441 g/mol. The molecule has 1 saturated heterocycles. The van der Waals surface area contributed by atoms with Crippen LogP contribution in [0.3, 0.4) is 0 Å². The molecule has 0 bridgehead atoms. The normalized spacial score (nSPS) is 19.3. The van der Waals surface area contributed by atoms with Crippen molar-refractivity contribution in [2.24, 2.45) is 0 Å². The van der Waals surface area contributed by atoms with E-state index >= 15 is 0 Å². The lowest BCUT2D eigenvalue weighted by Crippen LogP contribution is -2.43. The van der Waals surface area contributed by atoms with Crippen LogP contribution in [-0.2, 0) is 9.47 Å². The van der Waals surface area contributed by atoms with Crippen molar-refractivity contribution in [1.29, 1.82) is 0 Å². The van der Waals surface area contributed by atoms with Crippen molar-refractivity contribution in [3.05, 3.63) is 45.2 Å². The van der Waals surface area contributed by atoms with Crippen molar-refractivity contribution in [2.75, 3.05) is 37.2 Å². The van der Waals surface area contributed by atoms with E-state index in [4.69, 9.17) is 21.1 Å². The minimum Gasteiger partial charge on any atom is -0.394 e. The minimum atomic E-state index is -1.06. The van der Waals surface area contributed by atoms with Gasteiger partial charge in [0.2, 0.25) is 17.2 Å². The number of rotatable bonds is 8. The monoisotopic (exact) mass is 440 g/mol. The zero-order valence-electron chi connectivity index (χ0n) is 16.0. The van der Waals surface area contributed by atoms with E-state index in [0.29, 0.717) is 5.56 Å². The smallest absolute Gasteiger partial charge is 0.269 e. The molecule has 2 aromatic rings. The third-order valence-corrected chi connectivity index (χ3v) is 4.63. The first-order valence-corrected chi connectivity index (χ1v) is 9.33. The number of nitrogens with one attached hydrogen (secondary N) is 2. The van der Waals surface area contributed by atoms with Crippen molar-refractivity contribution in [1.82, 2.24) is 15.0 Å². The second-order valence-corrected chi connectivity index (χ2v) is 7.27. The maximum Gasteiger partial charge on any atom is 0.269 e. The van der Waals surface area contributed by atoms with Crippen LogP contribution >= 0.6 is 11.6 Å². The van der Waals surface area contributed by atoms with Crippen molar-refractivity contribution in [2.45, 2.75) is 24.6 Å². The van der Waals surface area contributed by atoms with E-state index in [9.17, 15) is 20.3 Å². The first-order valence-electron chi connectivity index (χ1n) is 8.95. The predicted molar refractivity (Wildman–Crippen MR) is 106 cm³/mol. The molecule has 2 heterocycles. The van der Waals surface area contributed by atoms with Gasteiger partial charge >= 0.3 is 0 Å². The van der Waals surface area contributed by atoms with Gasteiger partial charge in [0.25, 0.3) is 5.69 Å². The summed E-state index contributed by atoms with van der Waals surface area (Å²) in [5, 5.41) is 35.6. The van der Waals surface area contributed by atoms with E-state index in [-0.39, 0.29) is 49.5 Å². The standard InChI is InChI=1S/C17H21ClN6O6/c1-17(7-25,8-26)23-16-21-14(18)20-15(22-16)19-12-6-29-9-30-13(12)10-2-4-11(5-3-10)24(27)28/h2-5,12-13,25-26H,6-9H2,1H3,(H2,19,20,21,22,23)/t12-,13-/m0/s1. The molecule has 0 amide bonds. The largest absolute Gasteiger partial charge is 0.394 e. The van der Waals surface area contributed by atoms with E-state index in [0.717, 1.165) is 0 Å². The Morgan fingerprint density at radius 1 is 1.23 bits per heavy atom. The Kier molecular flexibility index (Phi) is 6.95. The number of halogens is 1. The highest BCUT2D eigenvalue weighted by Gasteiger charge is 2.30. The highest BCUT2D eigenvalue weighted by atomic mass is 35.5. The van der Waals surface area contributed by atoms with E-state index in [2.05, 4.69) is 25.6 Å². The zero-order chi connectivity index (χ0) is 21.7. The minimum absolute atomic E-state index is 0.0221. The van der Waals surface area contributed by atoms with E-state index in [1.165, 1.54) is 12.1 Å². The highest BCUT2D eigenvalue weighted by Crippen LogP contribution is 2.28. The molecule has 13 heteroatoms. The van der Waals surface area contributed by atoms with Gasteiger partial charge in [0, 0.05) is 12.1 Å². The van der Waals surface area contributed by atoms with Crippen LogP contribution in [0, 0.1) is 10.1 Å². The Bertz CT molecular complexity index is 882. The molecule has 0 radical (unpaired) electrons. The molecule has 0 aliphatic carbocycles. The van der Waals surface area contributed by atoms with Crippen molar-refractivity contribution >= 4 is 29.2 Å². The number of hydrogen-bond donors (Lipinski definition) is 4. The molecule has 162 valence electrons. The van der Waals surface area contributed by atoms with Crippen LogP contribution in [-0.4, -0.2) is 68.3 Å². The Hall–Kier alpha value is -2.64. The topological polar surface area (TPSA) is 165 Å². The summed E-state index contributed by atoms with van der Waals surface area (Å²) in [5.41, 5.74) is -0.362. The van der Waals surface area contributed by atoms with Gasteiger partial charge in [-0.25, -0.2) is 0 Å². The molecule has 0 spiro atoms. The van der Waals surface area contributed by atoms with Gasteiger partial charge in [0.1, 0.15) is 12.9 Å². The molecular weight excluding hydrogens is 420 g/mol. The molecule has 1 aliphatic heterocycles. The molecule has 2 atom stereocenters. The Morgan fingerprint density at radius 3 is 2.53 bits per heavy atom. The first kappa shape index (κ1) is 22.1. The molecule has 1 fully saturated rings. The first-order chi connectivity index (χ1) is 14.3. The zero-order valence-corrected chi connectivity index (χ0v) is 16.7. The van der Waals surface area contributed by atoms with Gasteiger partial charge in [0.15, 0.2) is 0 Å². The fourth-order valence-electron chi connectivity index (χ4n) is 2.77. The van der Waals surface area contributed by atoms with Crippen LogP contribution in [0.25, 0.3) is 0 Å². The van der Waals surface area contributed by atoms with Crippen LogP contribution in [0.4, 0.5) is 17.6 Å². The van der Waals surface area contributed by atoms with Gasteiger partial charge in [-0.15, -0.1) is 0 Å². The van der Waals surface area contributed by atoms with Crippen LogP contribution in [0.2, 0.25) is 5.28 Å². The van der Waals surface area contributed by atoms with Crippen molar-refractivity contribution in [3.8, 4) is 0 Å². The molecule has 30 heavy (non-hydrogen) atoms. The molecule has 1 aromatic heterocycles. The fraction of sp³-hybridized carbons (Fsp3) is 0.471. The lowest BCUT2D eigenvalue weighted by molar-refractivity contribution is -0.384. The summed E-state index contributed by atoms with van der Waals surface area (Å²) < 4.78 is 11.0. The number of aliphatic hydroxyl groups is 2. The third kappa shape index (κ3) is 5.29. The SMILES string of the molecule is CC(CO)(CO)Nc1nc(Cl)nc(N[C@H]2COCO[C@H]2c2ccc([N+](=O)[O-])cc2)n1. The summed E-state index contributed by atoms with van der Waals surface area (Å²) in [7, 11) is 0. The Labute approximate surface area is 176 Å². The van der Waals surface area contributed by atoms with Crippen LogP contribution in [0.15, 0.2) is 24.3 Å². The maximum atomic E-state index is 10.9. The van der Waals surface area contributed by atoms with Gasteiger partial charge in [-0.2, -0.15) is 15.0 Å². The van der Waals surface area contributed by atoms with Gasteiger partial charge in [-0.3, -0.25) is 10.1 Å². The summed E-state index contributed by atoms with van der Waals surface area (Å²) in [6.07, 6.45) is -0.480. The number of aromatic nitrogens is 3. The van der Waals surface area contributed by atoms with Crippen molar-refractivity contribution < 1.29 is 24.6 Å². The Morgan fingerprint density at radius 2 is 1.90 bits per heavy atom. The molecular formula is C17H21ClN6O6. The number of nitro benzene ring substituents is 1. The quantitative estimate of drug-likeness (QED) is 0.343. The van der Waals surface area contributed by atoms with Gasteiger partial charge in [0.05, 0.1) is 36.3 Å². The van der Waals surface area contributed by atoms with Gasteiger partial charge < -0.3 is 30.3 Å². The van der Waals surface area contributed by atoms with Gasteiger partial charge in [-0.05, 0) is 36.2 Å². The number of nitro groups is 1. The lowest BCUT2D eigenvalue weighted by Gasteiger charge is -2.32. The molecule has 3 rings (SSSR count). The second kappa shape index (κ2) is 9.45. The summed E-state index contributed by atoms with van der Waals surface area (Å²) in [5.74, 6) is 0.189. The van der Waals surface area contributed by atoms with Crippen LogP contribution in [0.1, 0.15) is 18.6 Å². The van der Waals surface area contributed by atoms with E-state index in [1.807, 2.05) is 0 Å². The Balaban J connectivity index is 1.80. The van der Waals surface area contributed by atoms with Crippen molar-refractivity contribution in [3.63, 3.8) is 0 Å². The number of ether oxygens (including phenoxy) is 2. The van der Waals surface area contributed by atoms with Crippen LogP contribution < -0.4 is 10.6 Å². The number of aliphatic hydroxyl groups excluding tert-OH is 2. The third-order valence-electron chi connectivity index (χ3n) is 4.46. The fourth-order valence-corrected chi connectivity index (χ4v) is 2.93. The van der Waals surface area contributed by atoms with E-state index in [1.54, 1.807) is 19.1 Å². The van der Waals surface area contributed by atoms with Crippen LogP contribution in [0.5, 0.6) is 0 Å². The predicted octanol–water partition coefficient (Wildman–Crippen LogP) is 1.11. The highest BCUT2D eigenvalue weighted by molar-refractivity contribution is 6.28. The molecule has 4 N–H and O–H groups in total. The molecule has 12 nitrogen and oxygen atoms in total. The summed E-state index contributed by atoms with van der Waals surface area (Å²) in [6, 6.07) is 5.61. The summed E-state index contributed by atoms with van der Waals surface area (Å²) >= 11 is 5.99. The molecule has 0 saturated carbocycles. The van der Waals surface area contributed by atoms with Gasteiger partial charge in [-0.1, -0.05) is 0 Å². The summed E-state index contributed by atoms with van der Waals surface area (Å²) in [6.45, 7) is 1.20. The second-order valence-electron chi connectivity index (χ2n) is 6.93. The average Bonchev–Trinajstić information content (AvgIpc) is 2.73.